The summed E-state index contributed by atoms with van der Waals surface area (Å²) in [6.45, 7) is 1.77. The Morgan fingerprint density at radius 2 is 2.04 bits per heavy atom. The van der Waals surface area contributed by atoms with Gasteiger partial charge in [-0.05, 0) is 49.0 Å². The summed E-state index contributed by atoms with van der Waals surface area (Å²) in [4.78, 5) is 13.0. The van der Waals surface area contributed by atoms with E-state index >= 15 is 0 Å². The predicted octanol–water partition coefficient (Wildman–Crippen LogP) is 3.36. The molecule has 1 fully saturated rings. The van der Waals surface area contributed by atoms with Crippen LogP contribution in [0.15, 0.2) is 35.9 Å². The monoisotopic (exact) mass is 363 g/mol. The Balaban J connectivity index is 2.22. The summed E-state index contributed by atoms with van der Waals surface area (Å²) >= 11 is 0. The Labute approximate surface area is 158 Å². The van der Waals surface area contributed by atoms with Crippen molar-refractivity contribution in [1.82, 2.24) is 0 Å². The third-order valence-electron chi connectivity index (χ3n) is 5.58. The lowest BCUT2D eigenvalue weighted by atomic mass is 9.55. The van der Waals surface area contributed by atoms with E-state index < -0.39 is 23.2 Å². The molecular formula is C21H21N3O3. The molecule has 3 rings (SSSR count). The Morgan fingerprint density at radius 1 is 1.33 bits per heavy atom. The van der Waals surface area contributed by atoms with Gasteiger partial charge in [-0.2, -0.15) is 10.5 Å². The molecule has 1 aromatic carbocycles. The third-order valence-corrected chi connectivity index (χ3v) is 5.58. The van der Waals surface area contributed by atoms with Crippen LogP contribution in [0.5, 0.6) is 5.75 Å². The Hall–Kier alpha value is -3.12. The molecule has 1 saturated carbocycles. The topological polar surface area (TPSA) is 107 Å². The van der Waals surface area contributed by atoms with Crippen LogP contribution >= 0.6 is 0 Å². The summed E-state index contributed by atoms with van der Waals surface area (Å²) in [7, 11) is 1.57. The quantitative estimate of drug-likeness (QED) is 0.652. The van der Waals surface area contributed by atoms with E-state index in [0.29, 0.717) is 5.75 Å². The number of carbonyl (C=O) groups is 1. The molecule has 2 aliphatic carbocycles. The summed E-state index contributed by atoms with van der Waals surface area (Å²) in [5.74, 6) is -1.67. The van der Waals surface area contributed by atoms with E-state index in [9.17, 15) is 15.3 Å². The first-order valence-corrected chi connectivity index (χ1v) is 8.96. The highest BCUT2D eigenvalue weighted by Crippen LogP contribution is 2.56. The molecule has 1 N–H and O–H groups in total. The maximum atomic E-state index is 13.0. The number of esters is 1. The number of nitriles is 2. The van der Waals surface area contributed by atoms with Crippen LogP contribution in [0.1, 0.15) is 31.2 Å². The Bertz CT molecular complexity index is 875. The number of hydrogen-bond donors (Lipinski definition) is 1. The van der Waals surface area contributed by atoms with Crippen LogP contribution in [0.25, 0.3) is 0 Å². The first-order chi connectivity index (χ1) is 13.0. The fraction of sp³-hybridized carbons (Fsp3) is 0.429. The number of methoxy groups -OCH3 is 1. The molecular weight excluding hydrogens is 342 g/mol. The highest BCUT2D eigenvalue weighted by molar-refractivity contribution is 6.13. The van der Waals surface area contributed by atoms with Crippen LogP contribution in [-0.2, 0) is 9.53 Å². The molecule has 138 valence electrons. The van der Waals surface area contributed by atoms with E-state index in [1.54, 1.807) is 26.2 Å². The first-order valence-electron chi connectivity index (χ1n) is 8.96. The maximum absolute atomic E-state index is 13.0. The van der Waals surface area contributed by atoms with Gasteiger partial charge in [-0.15, -0.1) is 0 Å². The van der Waals surface area contributed by atoms with Crippen molar-refractivity contribution < 1.29 is 14.3 Å². The van der Waals surface area contributed by atoms with Gasteiger partial charge in [0.1, 0.15) is 11.7 Å². The minimum Gasteiger partial charge on any atom is -0.497 e. The van der Waals surface area contributed by atoms with Crippen LogP contribution in [0.4, 0.5) is 0 Å². The summed E-state index contributed by atoms with van der Waals surface area (Å²) in [6, 6.07) is 11.4. The molecule has 27 heavy (non-hydrogen) atoms. The summed E-state index contributed by atoms with van der Waals surface area (Å²) in [5.41, 5.74) is -0.379. The molecule has 0 aromatic heterocycles. The smallest absolute Gasteiger partial charge is 0.333 e. The van der Waals surface area contributed by atoms with Crippen molar-refractivity contribution in [1.29, 1.82) is 15.9 Å². The molecule has 1 aromatic rings. The minimum atomic E-state index is -1.81. The minimum absolute atomic E-state index is 0.107. The van der Waals surface area contributed by atoms with Crippen LogP contribution in [0, 0.1) is 45.3 Å². The van der Waals surface area contributed by atoms with E-state index in [0.717, 1.165) is 24.0 Å². The largest absolute Gasteiger partial charge is 0.497 e. The average molecular weight is 363 g/mol. The number of rotatable bonds is 4. The number of benzene rings is 1. The number of nitrogens with one attached hydrogen (secondary N) is 1. The fourth-order valence-electron chi connectivity index (χ4n) is 4.39. The van der Waals surface area contributed by atoms with Crippen molar-refractivity contribution >= 4 is 11.7 Å². The molecule has 0 heterocycles. The molecule has 6 nitrogen and oxygen atoms in total. The van der Waals surface area contributed by atoms with E-state index in [2.05, 4.69) is 12.1 Å². The van der Waals surface area contributed by atoms with Crippen molar-refractivity contribution in [2.45, 2.75) is 25.7 Å². The van der Waals surface area contributed by atoms with E-state index in [1.807, 2.05) is 18.2 Å². The lowest BCUT2D eigenvalue weighted by Crippen LogP contribution is -2.53. The number of hydrogen-bond acceptors (Lipinski definition) is 6. The van der Waals surface area contributed by atoms with E-state index in [-0.39, 0.29) is 18.2 Å². The summed E-state index contributed by atoms with van der Waals surface area (Å²) in [5, 5.41) is 28.5. The fourth-order valence-corrected chi connectivity index (χ4v) is 4.39. The van der Waals surface area contributed by atoms with E-state index in [1.165, 1.54) is 0 Å². The van der Waals surface area contributed by atoms with Gasteiger partial charge in [-0.1, -0.05) is 18.2 Å². The molecule has 0 amide bonds. The van der Waals surface area contributed by atoms with Gasteiger partial charge in [0.05, 0.1) is 31.6 Å². The number of ether oxygens (including phenoxy) is 2. The highest BCUT2D eigenvalue weighted by Gasteiger charge is 2.62. The van der Waals surface area contributed by atoms with Crippen molar-refractivity contribution in [2.75, 3.05) is 13.7 Å². The van der Waals surface area contributed by atoms with Crippen LogP contribution in [0.2, 0.25) is 0 Å². The summed E-state index contributed by atoms with van der Waals surface area (Å²) in [6.07, 6.45) is 3.48. The van der Waals surface area contributed by atoms with Crippen molar-refractivity contribution in [3.8, 4) is 17.9 Å². The van der Waals surface area contributed by atoms with Gasteiger partial charge in [0.15, 0.2) is 0 Å². The zero-order valence-corrected chi connectivity index (χ0v) is 15.4. The number of allylic oxidation sites excluding steroid dienone is 2. The van der Waals surface area contributed by atoms with Gasteiger partial charge in [-0.25, -0.2) is 4.79 Å². The SMILES string of the molecule is CCOC(=O)[C@]1(C#N)C(=N)[C@H](C#N)C2=CCC[C@H]2[C@@H]1c1ccc(OC)cc1. The second-order valence-corrected chi connectivity index (χ2v) is 6.75. The second-order valence-electron chi connectivity index (χ2n) is 6.75. The lowest BCUT2D eigenvalue weighted by Gasteiger charge is -2.44. The number of nitrogens with zero attached hydrogens (tertiary/aromatic N) is 2. The molecule has 0 aliphatic heterocycles. The van der Waals surface area contributed by atoms with Crippen LogP contribution in [0.3, 0.4) is 0 Å². The molecule has 0 unspecified atom stereocenters. The molecule has 0 saturated heterocycles. The maximum Gasteiger partial charge on any atom is 0.333 e. The van der Waals surface area contributed by atoms with Crippen LogP contribution < -0.4 is 4.74 Å². The summed E-state index contributed by atoms with van der Waals surface area (Å²) < 4.78 is 10.4. The van der Waals surface area contributed by atoms with Gasteiger partial charge in [0, 0.05) is 5.92 Å². The van der Waals surface area contributed by atoms with Crippen molar-refractivity contribution in [3.63, 3.8) is 0 Å². The van der Waals surface area contributed by atoms with Gasteiger partial charge in [0.25, 0.3) is 0 Å². The van der Waals surface area contributed by atoms with Gasteiger partial charge < -0.3 is 14.9 Å². The Morgan fingerprint density at radius 3 is 2.59 bits per heavy atom. The van der Waals surface area contributed by atoms with Gasteiger partial charge in [-0.3, -0.25) is 0 Å². The number of fused-ring (bicyclic) bond motifs is 1. The predicted molar refractivity (Wildman–Crippen MR) is 98.1 cm³/mol. The molecule has 0 radical (unpaired) electrons. The standard InChI is InChI=1S/C21H21N3O3/c1-3-27-20(25)21(12-23)18(13-7-9-14(26-2)10-8-13)16-6-4-5-15(16)17(11-22)19(21)24/h5,7-10,16-18,24H,3-4,6H2,1-2H3/t16-,17-,18+,21+/m1/s1. The number of carbonyl (C=O) groups excluding carboxylic acids is 1. The zero-order chi connectivity index (χ0) is 19.6. The molecule has 0 bridgehead atoms. The Kier molecular flexibility index (Phi) is 5.01. The molecule has 4 atom stereocenters. The second kappa shape index (κ2) is 7.25. The van der Waals surface area contributed by atoms with Crippen molar-refractivity contribution in [2.24, 2.45) is 17.3 Å². The van der Waals surface area contributed by atoms with Gasteiger partial charge >= 0.3 is 5.97 Å². The average Bonchev–Trinajstić information content (AvgIpc) is 3.16. The zero-order valence-electron chi connectivity index (χ0n) is 15.4. The molecule has 0 spiro atoms. The normalized spacial score (nSPS) is 29.1. The van der Waals surface area contributed by atoms with Gasteiger partial charge in [0.2, 0.25) is 5.41 Å². The molecule has 2 aliphatic rings. The third kappa shape index (κ3) is 2.69. The van der Waals surface area contributed by atoms with E-state index in [4.69, 9.17) is 14.9 Å². The lowest BCUT2D eigenvalue weighted by molar-refractivity contribution is -0.150. The first kappa shape index (κ1) is 18.7. The highest BCUT2D eigenvalue weighted by atomic mass is 16.5. The van der Waals surface area contributed by atoms with Crippen molar-refractivity contribution in [3.05, 3.63) is 41.5 Å². The van der Waals surface area contributed by atoms with Crippen LogP contribution in [-0.4, -0.2) is 25.4 Å². The molecule has 6 heteroatoms.